The van der Waals surface area contributed by atoms with E-state index in [-0.39, 0.29) is 6.04 Å². The van der Waals surface area contributed by atoms with Gasteiger partial charge in [0.05, 0.1) is 18.0 Å². The molecule has 0 N–H and O–H groups in total. The number of aryl methyl sites for hydroxylation is 2. The van der Waals surface area contributed by atoms with E-state index in [1.165, 1.54) is 6.26 Å². The number of aromatic nitrogens is 4. The summed E-state index contributed by atoms with van der Waals surface area (Å²) >= 11 is 0. The fraction of sp³-hybridized carbons (Fsp3) is 0.722. The van der Waals surface area contributed by atoms with Crippen LogP contribution in [-0.4, -0.2) is 63.4 Å². The van der Waals surface area contributed by atoms with Crippen molar-refractivity contribution in [2.45, 2.75) is 58.7 Å². The molecule has 4 heterocycles. The number of sulfonamides is 1. The predicted octanol–water partition coefficient (Wildman–Crippen LogP) is 1.43. The molecule has 0 saturated carbocycles. The highest BCUT2D eigenvalue weighted by atomic mass is 32.2. The van der Waals surface area contributed by atoms with E-state index >= 15 is 0 Å². The van der Waals surface area contributed by atoms with Gasteiger partial charge in [-0.05, 0) is 26.7 Å². The average molecular weight is 409 g/mol. The molecule has 0 radical (unpaired) electrons. The van der Waals surface area contributed by atoms with Gasteiger partial charge in [-0.1, -0.05) is 11.6 Å². The SMILES string of the molecule is Cc1noc(C)c1CN1CCc2nnc(C3CCCCN3S(C)(=O)=O)n2CC1. The summed E-state index contributed by atoms with van der Waals surface area (Å²) in [6.45, 7) is 7.77. The molecule has 10 heteroatoms. The van der Waals surface area contributed by atoms with Gasteiger partial charge < -0.3 is 9.09 Å². The zero-order valence-corrected chi connectivity index (χ0v) is 17.6. The highest BCUT2D eigenvalue weighted by Gasteiger charge is 2.35. The lowest BCUT2D eigenvalue weighted by atomic mass is 10.0. The molecule has 28 heavy (non-hydrogen) atoms. The van der Waals surface area contributed by atoms with E-state index in [4.69, 9.17) is 4.52 Å². The van der Waals surface area contributed by atoms with Gasteiger partial charge >= 0.3 is 0 Å². The van der Waals surface area contributed by atoms with Crippen molar-refractivity contribution in [2.24, 2.45) is 0 Å². The van der Waals surface area contributed by atoms with E-state index in [2.05, 4.69) is 24.8 Å². The van der Waals surface area contributed by atoms with Crippen LogP contribution < -0.4 is 0 Å². The molecule has 2 aliphatic heterocycles. The number of rotatable bonds is 4. The maximum absolute atomic E-state index is 12.3. The molecule has 1 saturated heterocycles. The monoisotopic (exact) mass is 408 g/mol. The van der Waals surface area contributed by atoms with E-state index in [0.717, 1.165) is 80.5 Å². The van der Waals surface area contributed by atoms with Crippen LogP contribution in [0.5, 0.6) is 0 Å². The standard InChI is InChI=1S/C18H28N6O3S/c1-13-15(14(2)27-21-13)12-22-9-7-17-19-20-18(23(17)11-10-22)16-6-4-5-8-24(16)28(3,25)26/h16H,4-12H2,1-3H3. The summed E-state index contributed by atoms with van der Waals surface area (Å²) in [7, 11) is -3.27. The average Bonchev–Trinajstić information content (AvgIpc) is 3.13. The second-order valence-electron chi connectivity index (χ2n) is 7.84. The summed E-state index contributed by atoms with van der Waals surface area (Å²) in [6, 6.07) is -0.209. The Morgan fingerprint density at radius 1 is 1.11 bits per heavy atom. The second kappa shape index (κ2) is 7.57. The van der Waals surface area contributed by atoms with Crippen molar-refractivity contribution < 1.29 is 12.9 Å². The first-order valence-electron chi connectivity index (χ1n) is 9.87. The first-order chi connectivity index (χ1) is 13.3. The zero-order chi connectivity index (χ0) is 19.9. The Kier molecular flexibility index (Phi) is 5.28. The van der Waals surface area contributed by atoms with Gasteiger partial charge in [0.1, 0.15) is 11.6 Å². The molecule has 1 unspecified atom stereocenters. The Balaban J connectivity index is 1.54. The van der Waals surface area contributed by atoms with Crippen molar-refractivity contribution in [3.8, 4) is 0 Å². The fourth-order valence-corrected chi connectivity index (χ4v) is 5.43. The van der Waals surface area contributed by atoms with Crippen molar-refractivity contribution >= 4 is 10.0 Å². The highest BCUT2D eigenvalue weighted by Crippen LogP contribution is 2.32. The van der Waals surface area contributed by atoms with Crippen LogP contribution >= 0.6 is 0 Å². The molecule has 0 amide bonds. The number of fused-ring (bicyclic) bond motifs is 1. The van der Waals surface area contributed by atoms with Gasteiger partial charge in [-0.3, -0.25) is 4.90 Å². The smallest absolute Gasteiger partial charge is 0.211 e. The van der Waals surface area contributed by atoms with E-state index in [9.17, 15) is 8.42 Å². The molecule has 0 bridgehead atoms. The largest absolute Gasteiger partial charge is 0.361 e. The van der Waals surface area contributed by atoms with Gasteiger partial charge in [-0.25, -0.2) is 8.42 Å². The number of piperidine rings is 1. The molecular formula is C18H28N6O3S. The number of hydrogen-bond acceptors (Lipinski definition) is 7. The van der Waals surface area contributed by atoms with Crippen LogP contribution in [0.4, 0.5) is 0 Å². The molecule has 0 aliphatic carbocycles. The maximum atomic E-state index is 12.3. The second-order valence-corrected chi connectivity index (χ2v) is 9.78. The Morgan fingerprint density at radius 3 is 2.64 bits per heavy atom. The van der Waals surface area contributed by atoms with Crippen molar-refractivity contribution in [1.29, 1.82) is 0 Å². The fourth-order valence-electron chi connectivity index (χ4n) is 4.30. The van der Waals surface area contributed by atoms with Crippen LogP contribution in [0.15, 0.2) is 4.52 Å². The summed E-state index contributed by atoms with van der Waals surface area (Å²) in [5, 5.41) is 12.9. The van der Waals surface area contributed by atoms with E-state index < -0.39 is 10.0 Å². The minimum Gasteiger partial charge on any atom is -0.361 e. The molecule has 4 rings (SSSR count). The normalized spacial score (nSPS) is 22.2. The third kappa shape index (κ3) is 3.72. The van der Waals surface area contributed by atoms with E-state index in [1.807, 2.05) is 13.8 Å². The van der Waals surface area contributed by atoms with Gasteiger partial charge in [-0.2, -0.15) is 4.31 Å². The summed E-state index contributed by atoms with van der Waals surface area (Å²) in [5.41, 5.74) is 2.08. The summed E-state index contributed by atoms with van der Waals surface area (Å²) in [5.74, 6) is 2.60. The topological polar surface area (TPSA) is 97.4 Å². The summed E-state index contributed by atoms with van der Waals surface area (Å²) in [6.07, 6.45) is 4.79. The van der Waals surface area contributed by atoms with Crippen molar-refractivity contribution in [3.05, 3.63) is 28.7 Å². The van der Waals surface area contributed by atoms with Crippen LogP contribution in [0.3, 0.4) is 0 Å². The minimum absolute atomic E-state index is 0.209. The summed E-state index contributed by atoms with van der Waals surface area (Å²) < 4.78 is 33.6. The molecule has 2 aromatic heterocycles. The molecule has 1 fully saturated rings. The predicted molar refractivity (Wildman–Crippen MR) is 103 cm³/mol. The molecule has 154 valence electrons. The van der Waals surface area contributed by atoms with Crippen LogP contribution in [0.2, 0.25) is 0 Å². The van der Waals surface area contributed by atoms with Gasteiger partial charge in [0.15, 0.2) is 5.82 Å². The van der Waals surface area contributed by atoms with E-state index in [0.29, 0.717) is 6.54 Å². The first kappa shape index (κ1) is 19.5. The lowest BCUT2D eigenvalue weighted by Gasteiger charge is -2.33. The number of nitrogens with zero attached hydrogens (tertiary/aromatic N) is 6. The zero-order valence-electron chi connectivity index (χ0n) is 16.8. The summed E-state index contributed by atoms with van der Waals surface area (Å²) in [4.78, 5) is 2.38. The Hall–Kier alpha value is -1.78. The van der Waals surface area contributed by atoms with Gasteiger partial charge in [-0.15, -0.1) is 10.2 Å². The van der Waals surface area contributed by atoms with Crippen LogP contribution in [0, 0.1) is 13.8 Å². The van der Waals surface area contributed by atoms with Crippen molar-refractivity contribution in [3.63, 3.8) is 0 Å². The lowest BCUT2D eigenvalue weighted by molar-refractivity contribution is 0.236. The number of hydrogen-bond donors (Lipinski definition) is 0. The minimum atomic E-state index is -3.27. The molecule has 2 aliphatic rings. The lowest BCUT2D eigenvalue weighted by Crippen LogP contribution is -2.39. The third-order valence-corrected chi connectivity index (χ3v) is 7.18. The van der Waals surface area contributed by atoms with Gasteiger partial charge in [0.2, 0.25) is 10.0 Å². The maximum Gasteiger partial charge on any atom is 0.211 e. The molecule has 2 aromatic rings. The van der Waals surface area contributed by atoms with Crippen molar-refractivity contribution in [1.82, 2.24) is 29.1 Å². The molecule has 0 spiro atoms. The quantitative estimate of drug-likeness (QED) is 0.755. The Morgan fingerprint density at radius 2 is 1.93 bits per heavy atom. The molecular weight excluding hydrogens is 380 g/mol. The molecule has 9 nitrogen and oxygen atoms in total. The van der Waals surface area contributed by atoms with Crippen LogP contribution in [0.25, 0.3) is 0 Å². The van der Waals surface area contributed by atoms with E-state index in [1.54, 1.807) is 4.31 Å². The molecule has 0 aromatic carbocycles. The van der Waals surface area contributed by atoms with Gasteiger partial charge in [0.25, 0.3) is 0 Å². The first-order valence-corrected chi connectivity index (χ1v) is 11.7. The van der Waals surface area contributed by atoms with Crippen LogP contribution in [0.1, 0.15) is 54.0 Å². The third-order valence-electron chi connectivity index (χ3n) is 5.89. The highest BCUT2D eigenvalue weighted by molar-refractivity contribution is 7.88. The van der Waals surface area contributed by atoms with Crippen LogP contribution in [-0.2, 0) is 29.5 Å². The Bertz CT molecular complexity index is 931. The van der Waals surface area contributed by atoms with Crippen molar-refractivity contribution in [2.75, 3.05) is 25.9 Å². The molecule has 1 atom stereocenters. The Labute approximate surface area is 165 Å². The van der Waals surface area contributed by atoms with Gasteiger partial charge in [0, 0.05) is 44.7 Å².